The van der Waals surface area contributed by atoms with E-state index in [4.69, 9.17) is 9.47 Å². The van der Waals surface area contributed by atoms with Crippen molar-refractivity contribution in [2.24, 2.45) is 5.92 Å². The van der Waals surface area contributed by atoms with E-state index in [0.29, 0.717) is 5.75 Å². The number of nitro benzene ring substituents is 1. The number of para-hydroxylation sites is 1. The summed E-state index contributed by atoms with van der Waals surface area (Å²) < 4.78 is 11.3. The standard InChI is InChI=1S/C24H22N2O4/c1-29-21-9-5-8-17(24(21)30-2)23-19-12-14-6-3-4-7-16(14)22(19)18-13-15(26(27)28)10-11-20(18)25-23/h3-11,13,19,22-23,25H,12H2,1-2H3/t19-,22-,23+/m1/s1. The van der Waals surface area contributed by atoms with Crippen LogP contribution in [-0.4, -0.2) is 19.1 Å². The van der Waals surface area contributed by atoms with Crippen LogP contribution in [0.4, 0.5) is 11.4 Å². The van der Waals surface area contributed by atoms with Gasteiger partial charge in [0.15, 0.2) is 11.5 Å². The molecule has 30 heavy (non-hydrogen) atoms. The molecule has 0 aromatic heterocycles. The second-order valence-corrected chi connectivity index (χ2v) is 7.78. The minimum absolute atomic E-state index is 0.0126. The molecule has 0 radical (unpaired) electrons. The molecule has 0 saturated carbocycles. The van der Waals surface area contributed by atoms with Gasteiger partial charge in [-0.1, -0.05) is 36.4 Å². The lowest BCUT2D eigenvalue weighted by Crippen LogP contribution is -2.30. The van der Waals surface area contributed by atoms with E-state index in [1.807, 2.05) is 24.3 Å². The van der Waals surface area contributed by atoms with Gasteiger partial charge in [0.1, 0.15) is 0 Å². The molecule has 0 amide bonds. The first-order valence-corrected chi connectivity index (χ1v) is 9.96. The van der Waals surface area contributed by atoms with Crippen LogP contribution in [0.25, 0.3) is 0 Å². The number of anilines is 1. The number of fused-ring (bicyclic) bond motifs is 5. The number of ether oxygens (including phenoxy) is 2. The predicted octanol–water partition coefficient (Wildman–Crippen LogP) is 5.08. The van der Waals surface area contributed by atoms with E-state index < -0.39 is 0 Å². The fraction of sp³-hybridized carbons (Fsp3) is 0.250. The predicted molar refractivity (Wildman–Crippen MR) is 114 cm³/mol. The lowest BCUT2D eigenvalue weighted by atomic mass is 9.75. The van der Waals surface area contributed by atoms with Gasteiger partial charge in [-0.15, -0.1) is 0 Å². The zero-order valence-corrected chi connectivity index (χ0v) is 16.8. The molecule has 3 aromatic rings. The smallest absolute Gasteiger partial charge is 0.269 e. The molecule has 1 aliphatic heterocycles. The van der Waals surface area contributed by atoms with Crippen molar-refractivity contribution in [1.29, 1.82) is 0 Å². The van der Waals surface area contributed by atoms with Crippen molar-refractivity contribution in [3.8, 4) is 11.5 Å². The van der Waals surface area contributed by atoms with Crippen LogP contribution < -0.4 is 14.8 Å². The van der Waals surface area contributed by atoms with E-state index in [-0.39, 0.29) is 28.5 Å². The zero-order chi connectivity index (χ0) is 20.8. The third-order valence-corrected chi connectivity index (χ3v) is 6.36. The Labute approximate surface area is 174 Å². The Hall–Kier alpha value is -3.54. The van der Waals surface area contributed by atoms with Crippen LogP contribution in [0.5, 0.6) is 11.5 Å². The quantitative estimate of drug-likeness (QED) is 0.486. The summed E-state index contributed by atoms with van der Waals surface area (Å²) in [5.74, 6) is 1.70. The van der Waals surface area contributed by atoms with Crippen molar-refractivity contribution >= 4 is 11.4 Å². The van der Waals surface area contributed by atoms with E-state index in [0.717, 1.165) is 29.0 Å². The molecular formula is C24H22N2O4. The zero-order valence-electron chi connectivity index (χ0n) is 16.8. The molecule has 3 atom stereocenters. The van der Waals surface area contributed by atoms with E-state index in [1.165, 1.54) is 11.1 Å². The molecule has 1 N–H and O–H groups in total. The van der Waals surface area contributed by atoms with E-state index in [2.05, 4.69) is 29.6 Å². The molecule has 0 spiro atoms. The van der Waals surface area contributed by atoms with Crippen molar-refractivity contribution in [2.45, 2.75) is 18.4 Å². The monoisotopic (exact) mass is 402 g/mol. The Kier molecular flexibility index (Phi) is 4.35. The molecule has 152 valence electrons. The molecular weight excluding hydrogens is 380 g/mol. The molecule has 1 heterocycles. The lowest BCUT2D eigenvalue weighted by molar-refractivity contribution is -0.384. The van der Waals surface area contributed by atoms with Crippen molar-refractivity contribution in [3.05, 3.63) is 93.0 Å². The van der Waals surface area contributed by atoms with Crippen molar-refractivity contribution in [2.75, 3.05) is 19.5 Å². The Balaban J connectivity index is 1.70. The largest absolute Gasteiger partial charge is 0.493 e. The molecule has 0 bridgehead atoms. The third kappa shape index (κ3) is 2.71. The SMILES string of the molecule is COc1cccc([C@@H]2Nc3ccc([N+](=O)[O-])cc3[C@H]3c4ccccc4C[C@H]32)c1OC. The minimum Gasteiger partial charge on any atom is -0.493 e. The minimum atomic E-state index is -0.326. The number of non-ortho nitro benzene ring substituents is 1. The van der Waals surface area contributed by atoms with Gasteiger partial charge in [0.05, 0.1) is 25.2 Å². The first kappa shape index (κ1) is 18.5. The van der Waals surface area contributed by atoms with E-state index >= 15 is 0 Å². The average Bonchev–Trinajstić information content (AvgIpc) is 3.17. The van der Waals surface area contributed by atoms with Gasteiger partial charge >= 0.3 is 0 Å². The number of hydrogen-bond acceptors (Lipinski definition) is 5. The van der Waals surface area contributed by atoms with Gasteiger partial charge in [0.25, 0.3) is 5.69 Å². The van der Waals surface area contributed by atoms with Crippen LogP contribution in [0.2, 0.25) is 0 Å². The Morgan fingerprint density at radius 1 is 0.967 bits per heavy atom. The van der Waals surface area contributed by atoms with Crippen molar-refractivity contribution in [3.63, 3.8) is 0 Å². The fourth-order valence-corrected chi connectivity index (χ4v) is 5.13. The number of nitrogens with zero attached hydrogens (tertiary/aromatic N) is 1. The van der Waals surface area contributed by atoms with Gasteiger partial charge in [0, 0.05) is 29.3 Å². The molecule has 5 rings (SSSR count). The van der Waals surface area contributed by atoms with Crippen molar-refractivity contribution in [1.82, 2.24) is 0 Å². The average molecular weight is 402 g/mol. The number of hydrogen-bond donors (Lipinski definition) is 1. The summed E-state index contributed by atoms with van der Waals surface area (Å²) in [6, 6.07) is 19.4. The van der Waals surface area contributed by atoms with Gasteiger partial charge < -0.3 is 14.8 Å². The molecule has 0 fully saturated rings. The number of methoxy groups -OCH3 is 2. The van der Waals surface area contributed by atoms with Gasteiger partial charge in [0.2, 0.25) is 0 Å². The number of rotatable bonds is 4. The Morgan fingerprint density at radius 3 is 2.53 bits per heavy atom. The molecule has 2 aliphatic rings. The topological polar surface area (TPSA) is 73.6 Å². The van der Waals surface area contributed by atoms with Gasteiger partial charge in [-0.3, -0.25) is 10.1 Å². The van der Waals surface area contributed by atoms with E-state index in [1.54, 1.807) is 26.4 Å². The van der Waals surface area contributed by atoms with Crippen molar-refractivity contribution < 1.29 is 14.4 Å². The maximum absolute atomic E-state index is 11.4. The molecule has 1 aliphatic carbocycles. The normalized spacial score (nSPS) is 21.1. The summed E-state index contributed by atoms with van der Waals surface area (Å²) in [4.78, 5) is 11.1. The number of nitro groups is 1. The van der Waals surface area contributed by atoms with Gasteiger partial charge in [-0.25, -0.2) is 0 Å². The second-order valence-electron chi connectivity index (χ2n) is 7.78. The van der Waals surface area contributed by atoms with Gasteiger partial charge in [-0.05, 0) is 41.2 Å². The Morgan fingerprint density at radius 2 is 1.77 bits per heavy atom. The highest BCUT2D eigenvalue weighted by atomic mass is 16.6. The summed E-state index contributed by atoms with van der Waals surface area (Å²) in [5, 5.41) is 15.1. The second kappa shape index (κ2) is 7.06. The molecule has 3 aromatic carbocycles. The summed E-state index contributed by atoms with van der Waals surface area (Å²) in [6.07, 6.45) is 0.890. The van der Waals surface area contributed by atoms with E-state index in [9.17, 15) is 10.1 Å². The van der Waals surface area contributed by atoms with Crippen LogP contribution in [0, 0.1) is 16.0 Å². The van der Waals surface area contributed by atoms with Gasteiger partial charge in [-0.2, -0.15) is 0 Å². The first-order chi connectivity index (χ1) is 14.6. The summed E-state index contributed by atoms with van der Waals surface area (Å²) in [7, 11) is 3.29. The van der Waals surface area contributed by atoms with Crippen LogP contribution in [0.15, 0.2) is 60.7 Å². The first-order valence-electron chi connectivity index (χ1n) is 9.96. The summed E-state index contributed by atoms with van der Waals surface area (Å²) in [6.45, 7) is 0. The van der Waals surface area contributed by atoms with Crippen LogP contribution in [-0.2, 0) is 6.42 Å². The summed E-state index contributed by atoms with van der Waals surface area (Å²) in [5.41, 5.74) is 5.60. The third-order valence-electron chi connectivity index (χ3n) is 6.36. The highest BCUT2D eigenvalue weighted by Gasteiger charge is 2.44. The maximum atomic E-state index is 11.4. The van der Waals surface area contributed by atoms with Crippen LogP contribution in [0.1, 0.15) is 34.2 Å². The molecule has 6 nitrogen and oxygen atoms in total. The number of benzene rings is 3. The molecule has 0 saturated heterocycles. The fourth-order valence-electron chi connectivity index (χ4n) is 5.13. The van der Waals surface area contributed by atoms with Crippen LogP contribution >= 0.6 is 0 Å². The maximum Gasteiger partial charge on any atom is 0.269 e. The summed E-state index contributed by atoms with van der Waals surface area (Å²) >= 11 is 0. The molecule has 0 unspecified atom stereocenters. The van der Waals surface area contributed by atoms with Crippen LogP contribution in [0.3, 0.4) is 0 Å². The highest BCUT2D eigenvalue weighted by Crippen LogP contribution is 2.55. The molecule has 6 heteroatoms. The highest BCUT2D eigenvalue weighted by molar-refractivity contribution is 5.66. The number of nitrogens with one attached hydrogen (secondary N) is 1. The lowest BCUT2D eigenvalue weighted by Gasteiger charge is -2.38. The Bertz CT molecular complexity index is 1140.